The van der Waals surface area contributed by atoms with Crippen molar-refractivity contribution in [2.45, 2.75) is 13.8 Å². The molecule has 0 saturated carbocycles. The molecule has 0 saturated heterocycles. The van der Waals surface area contributed by atoms with E-state index in [-0.39, 0.29) is 0 Å². The van der Waals surface area contributed by atoms with Gasteiger partial charge in [-0.05, 0) is 13.8 Å². The molecule has 0 radical (unpaired) electrons. The number of aromatic amines is 1. The summed E-state index contributed by atoms with van der Waals surface area (Å²) in [7, 11) is 0. The second kappa shape index (κ2) is 2.02. The van der Waals surface area contributed by atoms with Gasteiger partial charge in [-0.2, -0.15) is 5.10 Å². The van der Waals surface area contributed by atoms with Crippen molar-refractivity contribution >= 4 is 11.0 Å². The Balaban J connectivity index is 2.96. The lowest BCUT2D eigenvalue weighted by Gasteiger charge is -1.91. The lowest BCUT2D eigenvalue weighted by Crippen LogP contribution is -1.84. The summed E-state index contributed by atoms with van der Waals surface area (Å²) in [6.07, 6.45) is 1.54. The third-order valence-corrected chi connectivity index (χ3v) is 1.73. The predicted molar refractivity (Wildman–Crippen MR) is 41.2 cm³/mol. The van der Waals surface area contributed by atoms with Gasteiger partial charge < -0.3 is 0 Å². The van der Waals surface area contributed by atoms with Gasteiger partial charge in [-0.15, -0.1) is 0 Å². The number of hydrogen-bond donors (Lipinski definition) is 1. The summed E-state index contributed by atoms with van der Waals surface area (Å²) in [6.45, 7) is 3.89. The normalized spacial score (nSPS) is 10.7. The number of nitrogens with zero attached hydrogens (tertiary/aromatic N) is 3. The number of fused-ring (bicyclic) bond motifs is 1. The highest BCUT2D eigenvalue weighted by Gasteiger charge is 2.04. The van der Waals surface area contributed by atoms with Crippen molar-refractivity contribution in [1.29, 1.82) is 0 Å². The van der Waals surface area contributed by atoms with Crippen LogP contribution in [0, 0.1) is 13.8 Å². The molecule has 0 unspecified atom stereocenters. The van der Waals surface area contributed by atoms with Gasteiger partial charge in [0.05, 0.1) is 16.8 Å². The Kier molecular flexibility index (Phi) is 1.15. The number of H-pyrrole nitrogens is 1. The summed E-state index contributed by atoms with van der Waals surface area (Å²) < 4.78 is 0. The minimum absolute atomic E-state index is 0.815. The molecule has 56 valence electrons. The Morgan fingerprint density at radius 1 is 1.18 bits per heavy atom. The van der Waals surface area contributed by atoms with Crippen molar-refractivity contribution in [3.63, 3.8) is 0 Å². The number of aromatic nitrogens is 4. The zero-order valence-corrected chi connectivity index (χ0v) is 6.42. The van der Waals surface area contributed by atoms with Crippen molar-refractivity contribution in [3.8, 4) is 0 Å². The van der Waals surface area contributed by atoms with Crippen molar-refractivity contribution in [2.24, 2.45) is 0 Å². The van der Waals surface area contributed by atoms with Crippen LogP contribution in [0.15, 0.2) is 6.33 Å². The maximum atomic E-state index is 4.07. The molecule has 0 amide bonds. The van der Waals surface area contributed by atoms with E-state index in [2.05, 4.69) is 20.2 Å². The average Bonchev–Trinajstić information content (AvgIpc) is 2.34. The number of rotatable bonds is 0. The Labute approximate surface area is 63.7 Å². The smallest absolute Gasteiger partial charge is 0.159 e. The van der Waals surface area contributed by atoms with Crippen LogP contribution in [0.1, 0.15) is 11.4 Å². The fourth-order valence-corrected chi connectivity index (χ4v) is 1.18. The van der Waals surface area contributed by atoms with Crippen molar-refractivity contribution in [1.82, 2.24) is 20.2 Å². The number of aryl methyl sites for hydroxylation is 2. The quantitative estimate of drug-likeness (QED) is 0.605. The standard InChI is InChI=1S/C7H8N4/c1-4-6-5(2)10-11-7(6)9-3-8-4/h3H,1-2H3,(H,8,9,10,11). The van der Waals surface area contributed by atoms with E-state index in [1.54, 1.807) is 0 Å². The Morgan fingerprint density at radius 3 is 2.73 bits per heavy atom. The molecule has 2 aromatic rings. The molecule has 0 spiro atoms. The van der Waals surface area contributed by atoms with Crippen LogP contribution < -0.4 is 0 Å². The Morgan fingerprint density at radius 2 is 2.00 bits per heavy atom. The van der Waals surface area contributed by atoms with Gasteiger partial charge in [0.15, 0.2) is 5.65 Å². The molecule has 0 aliphatic rings. The maximum Gasteiger partial charge on any atom is 0.159 e. The van der Waals surface area contributed by atoms with Crippen LogP contribution in [-0.2, 0) is 0 Å². The molecule has 0 fully saturated rings. The van der Waals surface area contributed by atoms with Gasteiger partial charge in [-0.1, -0.05) is 0 Å². The van der Waals surface area contributed by atoms with Crippen LogP contribution in [0.2, 0.25) is 0 Å². The zero-order chi connectivity index (χ0) is 7.84. The molecule has 2 aromatic heterocycles. The molecule has 2 heterocycles. The van der Waals surface area contributed by atoms with E-state index in [0.717, 1.165) is 22.4 Å². The highest BCUT2D eigenvalue weighted by molar-refractivity contribution is 5.79. The largest absolute Gasteiger partial charge is 0.260 e. The molecule has 1 N–H and O–H groups in total. The van der Waals surface area contributed by atoms with Crippen LogP contribution >= 0.6 is 0 Å². The highest BCUT2D eigenvalue weighted by Crippen LogP contribution is 2.13. The van der Waals surface area contributed by atoms with Crippen LogP contribution in [0.5, 0.6) is 0 Å². The first kappa shape index (κ1) is 6.27. The van der Waals surface area contributed by atoms with E-state index in [1.165, 1.54) is 6.33 Å². The summed E-state index contributed by atoms with van der Waals surface area (Å²) >= 11 is 0. The van der Waals surface area contributed by atoms with Gasteiger partial charge in [0, 0.05) is 0 Å². The van der Waals surface area contributed by atoms with Crippen LogP contribution in [0.25, 0.3) is 11.0 Å². The number of hydrogen-bond acceptors (Lipinski definition) is 3. The Hall–Kier alpha value is -1.45. The van der Waals surface area contributed by atoms with Gasteiger partial charge in [-0.25, -0.2) is 9.97 Å². The van der Waals surface area contributed by atoms with Crippen LogP contribution in [0.4, 0.5) is 0 Å². The third-order valence-electron chi connectivity index (χ3n) is 1.73. The van der Waals surface area contributed by atoms with Gasteiger partial charge in [0.25, 0.3) is 0 Å². The molecule has 4 nitrogen and oxygen atoms in total. The van der Waals surface area contributed by atoms with E-state index >= 15 is 0 Å². The molecule has 11 heavy (non-hydrogen) atoms. The summed E-state index contributed by atoms with van der Waals surface area (Å²) in [5.74, 6) is 0. The summed E-state index contributed by atoms with van der Waals surface area (Å²) in [4.78, 5) is 8.10. The molecule has 0 aliphatic heterocycles. The van der Waals surface area contributed by atoms with E-state index in [4.69, 9.17) is 0 Å². The fraction of sp³-hybridized carbons (Fsp3) is 0.286. The molecular weight excluding hydrogens is 140 g/mol. The topological polar surface area (TPSA) is 54.5 Å². The predicted octanol–water partition coefficient (Wildman–Crippen LogP) is 0.970. The summed E-state index contributed by atoms with van der Waals surface area (Å²) in [5, 5.41) is 7.89. The second-order valence-electron chi connectivity index (χ2n) is 2.49. The molecule has 4 heteroatoms. The first-order chi connectivity index (χ1) is 5.29. The van der Waals surface area contributed by atoms with E-state index in [0.29, 0.717) is 0 Å². The van der Waals surface area contributed by atoms with E-state index < -0.39 is 0 Å². The molecule has 2 rings (SSSR count). The van der Waals surface area contributed by atoms with Gasteiger partial charge in [0.2, 0.25) is 0 Å². The first-order valence-electron chi connectivity index (χ1n) is 3.41. The van der Waals surface area contributed by atoms with E-state index in [1.807, 2.05) is 13.8 Å². The first-order valence-corrected chi connectivity index (χ1v) is 3.41. The lowest BCUT2D eigenvalue weighted by molar-refractivity contribution is 1.05. The fourth-order valence-electron chi connectivity index (χ4n) is 1.18. The molecule has 0 aromatic carbocycles. The van der Waals surface area contributed by atoms with Gasteiger partial charge >= 0.3 is 0 Å². The van der Waals surface area contributed by atoms with Crippen molar-refractivity contribution < 1.29 is 0 Å². The van der Waals surface area contributed by atoms with Crippen LogP contribution in [-0.4, -0.2) is 20.2 Å². The zero-order valence-electron chi connectivity index (χ0n) is 6.42. The summed E-state index contributed by atoms with van der Waals surface area (Å²) in [6, 6.07) is 0. The molecule has 0 aliphatic carbocycles. The second-order valence-corrected chi connectivity index (χ2v) is 2.49. The highest BCUT2D eigenvalue weighted by atomic mass is 15.2. The minimum Gasteiger partial charge on any atom is -0.260 e. The Bertz CT molecular complexity index is 390. The lowest BCUT2D eigenvalue weighted by atomic mass is 10.2. The molecule has 0 bridgehead atoms. The molecular formula is C7H8N4. The van der Waals surface area contributed by atoms with Crippen LogP contribution in [0.3, 0.4) is 0 Å². The average molecular weight is 148 g/mol. The van der Waals surface area contributed by atoms with E-state index in [9.17, 15) is 0 Å². The van der Waals surface area contributed by atoms with Gasteiger partial charge in [-0.3, -0.25) is 5.10 Å². The van der Waals surface area contributed by atoms with Crippen molar-refractivity contribution in [2.75, 3.05) is 0 Å². The monoisotopic (exact) mass is 148 g/mol. The maximum absolute atomic E-state index is 4.07. The van der Waals surface area contributed by atoms with Gasteiger partial charge in [0.1, 0.15) is 6.33 Å². The SMILES string of the molecule is Cc1ncnc2[nH]nc(C)c12. The molecule has 0 atom stereocenters. The number of nitrogens with one attached hydrogen (secondary N) is 1. The summed E-state index contributed by atoms with van der Waals surface area (Å²) in [5.41, 5.74) is 2.74. The third kappa shape index (κ3) is 0.790. The minimum atomic E-state index is 0.815. The van der Waals surface area contributed by atoms with Crippen molar-refractivity contribution in [3.05, 3.63) is 17.7 Å².